The summed E-state index contributed by atoms with van der Waals surface area (Å²) >= 11 is 0. The van der Waals surface area contributed by atoms with E-state index >= 15 is 0 Å². The Hall–Kier alpha value is -0.770. The summed E-state index contributed by atoms with van der Waals surface area (Å²) in [4.78, 5) is 0. The summed E-state index contributed by atoms with van der Waals surface area (Å²) < 4.78 is 0. The van der Waals surface area contributed by atoms with Crippen LogP contribution in [0.4, 0.5) is 0 Å². The molecule has 0 aromatic carbocycles. The van der Waals surface area contributed by atoms with Gasteiger partial charge >= 0.3 is 0 Å². The summed E-state index contributed by atoms with van der Waals surface area (Å²) in [5, 5.41) is 9.50. The lowest BCUT2D eigenvalue weighted by molar-refractivity contribution is -0.0305. The first-order valence-electron chi connectivity index (χ1n) is 9.26. The van der Waals surface area contributed by atoms with Crippen molar-refractivity contribution in [1.29, 1.82) is 5.26 Å². The predicted molar refractivity (Wildman–Crippen MR) is 85.5 cm³/mol. The Morgan fingerprint density at radius 3 is 2.90 bits per heavy atom. The number of nitrogens with zero attached hydrogens (tertiary/aromatic N) is 1. The maximum atomic E-state index is 9.50. The molecule has 0 unspecified atom stereocenters. The molecule has 4 aliphatic carbocycles. The molecule has 3 saturated carbocycles. The van der Waals surface area contributed by atoms with Crippen LogP contribution in [-0.4, -0.2) is 0 Å². The van der Waals surface area contributed by atoms with Crippen molar-refractivity contribution in [3.8, 4) is 6.07 Å². The average molecular weight is 283 g/mol. The second kappa shape index (κ2) is 4.87. The van der Waals surface area contributed by atoms with Gasteiger partial charge in [0.25, 0.3) is 0 Å². The maximum absolute atomic E-state index is 9.50. The molecule has 3 fully saturated rings. The summed E-state index contributed by atoms with van der Waals surface area (Å²) in [6.45, 7) is 2.57. The smallest absolute Gasteiger partial charge is 0.0631 e. The summed E-state index contributed by atoms with van der Waals surface area (Å²) in [6.07, 6.45) is 17.2. The normalized spacial score (nSPS) is 48.6. The minimum absolute atomic E-state index is 0.292. The minimum atomic E-state index is 0.292. The summed E-state index contributed by atoms with van der Waals surface area (Å²) in [7, 11) is 0. The van der Waals surface area contributed by atoms with Crippen LogP contribution in [0.1, 0.15) is 77.6 Å². The Labute approximate surface area is 129 Å². The lowest BCUT2D eigenvalue weighted by atomic mass is 9.47. The lowest BCUT2D eigenvalue weighted by Gasteiger charge is -2.57. The molecule has 0 radical (unpaired) electrons. The highest BCUT2D eigenvalue weighted by atomic mass is 14.6. The monoisotopic (exact) mass is 283 g/mol. The first kappa shape index (κ1) is 13.9. The highest BCUT2D eigenvalue weighted by molar-refractivity contribution is 5.26. The van der Waals surface area contributed by atoms with Gasteiger partial charge in [0.05, 0.1) is 6.07 Å². The molecule has 0 N–H and O–H groups in total. The summed E-state index contributed by atoms with van der Waals surface area (Å²) in [6, 6.07) is 2.59. The average Bonchev–Trinajstić information content (AvgIpc) is 2.89. The van der Waals surface area contributed by atoms with Crippen LogP contribution in [0.15, 0.2) is 11.6 Å². The molecule has 0 aromatic heterocycles. The molecule has 0 saturated heterocycles. The molecule has 0 bridgehead atoms. The van der Waals surface area contributed by atoms with E-state index in [1.165, 1.54) is 64.2 Å². The van der Waals surface area contributed by atoms with Gasteiger partial charge in [0, 0.05) is 11.8 Å². The SMILES string of the molecule is C[C@@]12CCC[C@H]1[C@@H]1CC=C3CCCC[C@]3(CC#N)[C@@H]1CC2. The Kier molecular flexibility index (Phi) is 3.21. The van der Waals surface area contributed by atoms with Gasteiger partial charge in [-0.25, -0.2) is 0 Å². The number of rotatable bonds is 1. The third-order valence-corrected chi connectivity index (χ3v) is 7.92. The topological polar surface area (TPSA) is 23.8 Å². The van der Waals surface area contributed by atoms with Crippen LogP contribution in [0, 0.1) is 39.9 Å². The van der Waals surface area contributed by atoms with Crippen LogP contribution < -0.4 is 0 Å². The van der Waals surface area contributed by atoms with Gasteiger partial charge in [-0.3, -0.25) is 0 Å². The third-order valence-electron chi connectivity index (χ3n) is 7.92. The summed E-state index contributed by atoms with van der Waals surface area (Å²) in [5.74, 6) is 2.67. The van der Waals surface area contributed by atoms with Crippen LogP contribution >= 0.6 is 0 Å². The van der Waals surface area contributed by atoms with Gasteiger partial charge in [-0.15, -0.1) is 0 Å². The van der Waals surface area contributed by atoms with Crippen molar-refractivity contribution < 1.29 is 0 Å². The first-order chi connectivity index (χ1) is 10.2. The second-order valence-electron chi connectivity index (χ2n) is 8.62. The van der Waals surface area contributed by atoms with Crippen molar-refractivity contribution in [3.05, 3.63) is 11.6 Å². The maximum Gasteiger partial charge on any atom is 0.0631 e. The summed E-state index contributed by atoms with van der Waals surface area (Å²) in [5.41, 5.74) is 2.62. The number of fused-ring (bicyclic) bond motifs is 5. The van der Waals surface area contributed by atoms with Gasteiger partial charge in [-0.05, 0) is 74.5 Å². The quantitative estimate of drug-likeness (QED) is 0.573. The Balaban J connectivity index is 1.73. The zero-order chi connectivity index (χ0) is 14.5. The largest absolute Gasteiger partial charge is 0.198 e. The van der Waals surface area contributed by atoms with E-state index in [1.54, 1.807) is 5.57 Å². The second-order valence-corrected chi connectivity index (χ2v) is 8.62. The van der Waals surface area contributed by atoms with E-state index in [2.05, 4.69) is 19.1 Å². The van der Waals surface area contributed by atoms with Crippen LogP contribution in [-0.2, 0) is 0 Å². The third kappa shape index (κ3) is 1.87. The van der Waals surface area contributed by atoms with Crippen molar-refractivity contribution in [2.75, 3.05) is 0 Å². The van der Waals surface area contributed by atoms with Gasteiger partial charge in [0.15, 0.2) is 0 Å². The van der Waals surface area contributed by atoms with E-state index in [9.17, 15) is 5.26 Å². The number of allylic oxidation sites excluding steroid dienone is 2. The molecule has 4 aliphatic rings. The molecule has 0 aromatic rings. The molecule has 114 valence electrons. The number of nitriles is 1. The van der Waals surface area contributed by atoms with E-state index in [0.717, 1.165) is 24.2 Å². The Morgan fingerprint density at radius 2 is 2.05 bits per heavy atom. The molecule has 0 amide bonds. The lowest BCUT2D eigenvalue weighted by Crippen LogP contribution is -2.49. The highest BCUT2D eigenvalue weighted by Crippen LogP contribution is 2.65. The van der Waals surface area contributed by atoms with Gasteiger partial charge in [0.1, 0.15) is 0 Å². The fraction of sp³-hybridized carbons (Fsp3) is 0.850. The van der Waals surface area contributed by atoms with Gasteiger partial charge in [-0.2, -0.15) is 5.26 Å². The highest BCUT2D eigenvalue weighted by Gasteiger charge is 2.56. The van der Waals surface area contributed by atoms with E-state index in [4.69, 9.17) is 0 Å². The van der Waals surface area contributed by atoms with E-state index < -0.39 is 0 Å². The zero-order valence-electron chi connectivity index (χ0n) is 13.5. The van der Waals surface area contributed by atoms with E-state index in [-0.39, 0.29) is 0 Å². The molecule has 21 heavy (non-hydrogen) atoms. The molecular formula is C20H29N. The molecule has 5 atom stereocenters. The molecular weight excluding hydrogens is 254 g/mol. The standard InChI is InChI=1S/C20H29N/c1-19-10-4-6-17(19)16-8-7-15-5-2-3-11-20(15,13-14-21)18(16)9-12-19/h7,16-18H,2-6,8-13H2,1H3/t16-,17-,18+,19-,20+/m0/s1. The van der Waals surface area contributed by atoms with Gasteiger partial charge in [-0.1, -0.05) is 31.4 Å². The van der Waals surface area contributed by atoms with Crippen molar-refractivity contribution in [2.45, 2.75) is 77.6 Å². The fourth-order valence-corrected chi connectivity index (χ4v) is 6.94. The van der Waals surface area contributed by atoms with Crippen LogP contribution in [0.5, 0.6) is 0 Å². The van der Waals surface area contributed by atoms with E-state index in [1.807, 2.05) is 0 Å². The molecule has 0 aliphatic heterocycles. The predicted octanol–water partition coefficient (Wildman–Crippen LogP) is 5.62. The molecule has 1 nitrogen and oxygen atoms in total. The fourth-order valence-electron chi connectivity index (χ4n) is 6.94. The number of hydrogen-bond donors (Lipinski definition) is 0. The Bertz CT molecular complexity index is 498. The van der Waals surface area contributed by atoms with Crippen LogP contribution in [0.2, 0.25) is 0 Å². The molecule has 1 heteroatoms. The van der Waals surface area contributed by atoms with E-state index in [0.29, 0.717) is 10.8 Å². The van der Waals surface area contributed by atoms with Gasteiger partial charge in [0.2, 0.25) is 0 Å². The van der Waals surface area contributed by atoms with Gasteiger partial charge < -0.3 is 0 Å². The molecule has 0 spiro atoms. The van der Waals surface area contributed by atoms with Crippen LogP contribution in [0.25, 0.3) is 0 Å². The van der Waals surface area contributed by atoms with Crippen molar-refractivity contribution in [1.82, 2.24) is 0 Å². The first-order valence-corrected chi connectivity index (χ1v) is 9.26. The Morgan fingerprint density at radius 1 is 1.14 bits per heavy atom. The zero-order valence-corrected chi connectivity index (χ0v) is 13.5. The van der Waals surface area contributed by atoms with Crippen molar-refractivity contribution in [2.24, 2.45) is 28.6 Å². The van der Waals surface area contributed by atoms with Crippen molar-refractivity contribution >= 4 is 0 Å². The molecule has 0 heterocycles. The van der Waals surface area contributed by atoms with Crippen LogP contribution in [0.3, 0.4) is 0 Å². The number of hydrogen-bond acceptors (Lipinski definition) is 1. The minimum Gasteiger partial charge on any atom is -0.198 e. The molecule has 4 rings (SSSR count). The van der Waals surface area contributed by atoms with Crippen molar-refractivity contribution in [3.63, 3.8) is 0 Å².